The van der Waals surface area contributed by atoms with Crippen LogP contribution in [0, 0.1) is 0 Å². The van der Waals surface area contributed by atoms with Crippen LogP contribution in [0.2, 0.25) is 0 Å². The van der Waals surface area contributed by atoms with E-state index in [-0.39, 0.29) is 11.6 Å². The molecule has 0 saturated carbocycles. The summed E-state index contributed by atoms with van der Waals surface area (Å²) in [7, 11) is 0. The van der Waals surface area contributed by atoms with Crippen LogP contribution in [0.3, 0.4) is 0 Å². The third-order valence-corrected chi connectivity index (χ3v) is 2.94. The number of alkyl carbamates (subject to hydrolysis) is 1. The molecule has 0 aliphatic rings. The normalized spacial score (nSPS) is 13.1. The second-order valence-electron chi connectivity index (χ2n) is 8.14. The van der Waals surface area contributed by atoms with Crippen LogP contribution in [-0.4, -0.2) is 39.8 Å². The van der Waals surface area contributed by atoms with Gasteiger partial charge in [0.1, 0.15) is 5.60 Å². The summed E-state index contributed by atoms with van der Waals surface area (Å²) >= 11 is 0. The summed E-state index contributed by atoms with van der Waals surface area (Å²) in [5.41, 5.74) is 5.75. The van der Waals surface area contributed by atoms with Crippen molar-refractivity contribution in [1.82, 2.24) is 15.3 Å². The lowest BCUT2D eigenvalue weighted by Crippen LogP contribution is -2.38. The van der Waals surface area contributed by atoms with Gasteiger partial charge < -0.3 is 26.4 Å². The Hall–Kier alpha value is -2.25. The van der Waals surface area contributed by atoms with Crippen LogP contribution in [0.4, 0.5) is 22.2 Å². The first-order chi connectivity index (χ1) is 11.4. The highest BCUT2D eigenvalue weighted by atomic mass is 16.6. The molecule has 1 heterocycles. The Morgan fingerprint density at radius 1 is 1.28 bits per heavy atom. The number of aromatic nitrogens is 2. The van der Waals surface area contributed by atoms with Gasteiger partial charge in [-0.2, -0.15) is 4.98 Å². The minimum atomic E-state index is -0.506. The molecule has 1 rings (SSSR count). The average molecular weight is 352 g/mol. The van der Waals surface area contributed by atoms with Gasteiger partial charge in [-0.1, -0.05) is 0 Å². The van der Waals surface area contributed by atoms with Crippen molar-refractivity contribution in [2.75, 3.05) is 22.9 Å². The molecule has 0 fully saturated rings. The molecule has 1 aromatic rings. The first kappa shape index (κ1) is 20.8. The van der Waals surface area contributed by atoms with E-state index in [0.29, 0.717) is 30.4 Å². The van der Waals surface area contributed by atoms with Gasteiger partial charge in [0.2, 0.25) is 5.95 Å². The Morgan fingerprint density at radius 3 is 2.48 bits per heavy atom. The predicted molar refractivity (Wildman–Crippen MR) is 102 cm³/mol. The monoisotopic (exact) mass is 352 g/mol. The highest BCUT2D eigenvalue weighted by molar-refractivity contribution is 5.68. The fraction of sp³-hybridized carbons (Fsp3) is 0.706. The van der Waals surface area contributed by atoms with Crippen LogP contribution in [0.1, 0.15) is 54.9 Å². The van der Waals surface area contributed by atoms with Gasteiger partial charge in [-0.3, -0.25) is 0 Å². The minimum absolute atomic E-state index is 0.0439. The smallest absolute Gasteiger partial charge is 0.407 e. The molecule has 142 valence electrons. The van der Waals surface area contributed by atoms with E-state index in [1.807, 2.05) is 48.5 Å². The second-order valence-corrected chi connectivity index (χ2v) is 8.14. The topological polar surface area (TPSA) is 114 Å². The number of hydrogen-bond acceptors (Lipinski definition) is 7. The zero-order valence-corrected chi connectivity index (χ0v) is 16.4. The van der Waals surface area contributed by atoms with Gasteiger partial charge in [0.25, 0.3) is 0 Å². The predicted octanol–water partition coefficient (Wildman–Crippen LogP) is 2.98. The maximum Gasteiger partial charge on any atom is 0.407 e. The minimum Gasteiger partial charge on any atom is -0.444 e. The number of nitrogens with one attached hydrogen (secondary N) is 3. The molecule has 1 aromatic heterocycles. The molecule has 1 atom stereocenters. The highest BCUT2D eigenvalue weighted by Gasteiger charge is 2.17. The molecule has 8 nitrogen and oxygen atoms in total. The molecular formula is C17H32N6O2. The van der Waals surface area contributed by atoms with Crippen molar-refractivity contribution in [3.63, 3.8) is 0 Å². The van der Waals surface area contributed by atoms with Crippen LogP contribution in [0.5, 0.6) is 0 Å². The first-order valence-corrected chi connectivity index (χ1v) is 8.50. The molecule has 0 radical (unpaired) electrons. The highest BCUT2D eigenvalue weighted by Crippen LogP contribution is 2.18. The maximum atomic E-state index is 11.7. The van der Waals surface area contributed by atoms with Crippen molar-refractivity contribution in [3.8, 4) is 0 Å². The molecule has 0 saturated heterocycles. The molecule has 8 heteroatoms. The SMILES string of the molecule is CC(CCNc1nc(NC(C)(C)C)ncc1N)NC(=O)OC(C)(C)C. The lowest BCUT2D eigenvalue weighted by Gasteiger charge is -2.22. The van der Waals surface area contributed by atoms with Crippen molar-refractivity contribution >= 4 is 23.5 Å². The number of hydrogen-bond donors (Lipinski definition) is 4. The van der Waals surface area contributed by atoms with Gasteiger partial charge in [0, 0.05) is 18.1 Å². The molecule has 1 unspecified atom stereocenters. The zero-order valence-electron chi connectivity index (χ0n) is 16.4. The van der Waals surface area contributed by atoms with Crippen LogP contribution in [0.25, 0.3) is 0 Å². The second kappa shape index (κ2) is 8.22. The lowest BCUT2D eigenvalue weighted by atomic mass is 10.1. The van der Waals surface area contributed by atoms with Gasteiger partial charge in [-0.15, -0.1) is 0 Å². The van der Waals surface area contributed by atoms with Crippen molar-refractivity contribution in [2.24, 2.45) is 0 Å². The van der Waals surface area contributed by atoms with Gasteiger partial charge >= 0.3 is 6.09 Å². The zero-order chi connectivity index (χ0) is 19.3. The largest absolute Gasteiger partial charge is 0.444 e. The molecule has 5 N–H and O–H groups in total. The first-order valence-electron chi connectivity index (χ1n) is 8.50. The number of amides is 1. The van der Waals surface area contributed by atoms with Crippen molar-refractivity contribution in [2.45, 2.75) is 72.1 Å². The van der Waals surface area contributed by atoms with Crippen LogP contribution >= 0.6 is 0 Å². The van der Waals surface area contributed by atoms with Crippen LogP contribution < -0.4 is 21.7 Å². The fourth-order valence-corrected chi connectivity index (χ4v) is 1.92. The van der Waals surface area contributed by atoms with E-state index in [0.717, 1.165) is 0 Å². The maximum absolute atomic E-state index is 11.7. The Bertz CT molecular complexity index is 577. The summed E-state index contributed by atoms with van der Waals surface area (Å²) in [6, 6.07) is -0.0439. The standard InChI is InChI=1S/C17H32N6O2/c1-11(21-15(24)25-17(5,6)7)8-9-19-13-12(18)10-20-14(22-13)23-16(2,3)4/h10-11H,8-9,18H2,1-7H3,(H,21,24)(H2,19,20,22,23). The van der Waals surface area contributed by atoms with E-state index in [1.165, 1.54) is 0 Å². The Morgan fingerprint density at radius 2 is 1.92 bits per heavy atom. The van der Waals surface area contributed by atoms with Crippen molar-refractivity contribution in [1.29, 1.82) is 0 Å². The van der Waals surface area contributed by atoms with E-state index in [2.05, 4.69) is 25.9 Å². The summed E-state index contributed by atoms with van der Waals surface area (Å²) in [5.74, 6) is 1.09. The number of carbonyl (C=O) groups is 1. The van der Waals surface area contributed by atoms with Crippen LogP contribution in [-0.2, 0) is 4.74 Å². The van der Waals surface area contributed by atoms with E-state index in [9.17, 15) is 4.79 Å². The molecular weight excluding hydrogens is 320 g/mol. The number of rotatable bonds is 6. The van der Waals surface area contributed by atoms with E-state index >= 15 is 0 Å². The molecule has 0 aliphatic carbocycles. The quantitative estimate of drug-likeness (QED) is 0.622. The van der Waals surface area contributed by atoms with Gasteiger partial charge in [0.15, 0.2) is 5.82 Å². The van der Waals surface area contributed by atoms with Gasteiger partial charge in [0.05, 0.1) is 11.9 Å². The molecule has 0 aromatic carbocycles. The average Bonchev–Trinajstić information content (AvgIpc) is 2.38. The molecule has 0 aliphatic heterocycles. The molecule has 0 spiro atoms. The van der Waals surface area contributed by atoms with Gasteiger partial charge in [-0.25, -0.2) is 9.78 Å². The third-order valence-electron chi connectivity index (χ3n) is 2.94. The lowest BCUT2D eigenvalue weighted by molar-refractivity contribution is 0.0507. The summed E-state index contributed by atoms with van der Waals surface area (Å²) in [5, 5.41) is 9.19. The summed E-state index contributed by atoms with van der Waals surface area (Å²) in [6.07, 6.45) is 1.86. The van der Waals surface area contributed by atoms with Gasteiger partial charge in [-0.05, 0) is 54.9 Å². The Balaban J connectivity index is 2.50. The van der Waals surface area contributed by atoms with Crippen molar-refractivity contribution < 1.29 is 9.53 Å². The van der Waals surface area contributed by atoms with E-state index in [1.54, 1.807) is 6.20 Å². The number of ether oxygens (including phenoxy) is 1. The summed E-state index contributed by atoms with van der Waals surface area (Å²) in [6.45, 7) is 14.1. The van der Waals surface area contributed by atoms with Crippen molar-refractivity contribution in [3.05, 3.63) is 6.20 Å². The Labute approximate surface area is 150 Å². The Kier molecular flexibility index (Phi) is 6.84. The number of carbonyl (C=O) groups excluding carboxylic acids is 1. The fourth-order valence-electron chi connectivity index (χ4n) is 1.92. The summed E-state index contributed by atoms with van der Waals surface area (Å²) in [4.78, 5) is 20.3. The van der Waals surface area contributed by atoms with E-state index in [4.69, 9.17) is 10.5 Å². The number of anilines is 3. The van der Waals surface area contributed by atoms with Crippen LogP contribution in [0.15, 0.2) is 6.20 Å². The summed E-state index contributed by atoms with van der Waals surface area (Å²) < 4.78 is 5.23. The molecule has 25 heavy (non-hydrogen) atoms. The van der Waals surface area contributed by atoms with E-state index < -0.39 is 11.7 Å². The number of nitrogen functional groups attached to an aromatic ring is 1. The third kappa shape index (κ3) is 8.97. The number of nitrogens with zero attached hydrogens (tertiary/aromatic N) is 2. The number of nitrogens with two attached hydrogens (primary N) is 1. The molecule has 0 bridgehead atoms. The molecule has 1 amide bonds.